The van der Waals surface area contributed by atoms with Gasteiger partial charge in [-0.3, -0.25) is 20.0 Å². The van der Waals surface area contributed by atoms with E-state index in [1.165, 1.54) is 4.90 Å². The summed E-state index contributed by atoms with van der Waals surface area (Å²) in [5.41, 5.74) is 5.74. The Morgan fingerprint density at radius 1 is 1.25 bits per heavy atom. The fraction of sp³-hybridized carbons (Fsp3) is 0.700. The van der Waals surface area contributed by atoms with E-state index in [1.54, 1.807) is 0 Å². The Bertz CT molecular complexity index is 999. The van der Waals surface area contributed by atoms with Crippen LogP contribution >= 0.6 is 39.4 Å². The topological polar surface area (TPSA) is 272 Å². The molecule has 22 heteroatoms. The number of aliphatic imine (C=N–C) groups is 2. The predicted octanol–water partition coefficient (Wildman–Crippen LogP) is -1.99. The number of hydrogen-bond donors (Lipinski definition) is 7. The number of phosphoric ester groups is 1. The van der Waals surface area contributed by atoms with E-state index < -0.39 is 59.1 Å². The van der Waals surface area contributed by atoms with Crippen LogP contribution in [0.4, 0.5) is 0 Å². The standard InChI is InChI=1S/C10H17BrN5O13P3/c11-10(12)14-8-7(9(18)15-10)13-3-16(8)6-1-4(17)5(27-6)2-26-31(22,23)29-32(24,25)28-30(19,20)21/h4-6,17H,1-3,12H2,(H,15,18)(H,22,23)(H,24,25)(H2,19,20,21)/t4-,5+,6+,10?/m0/s1. The summed E-state index contributed by atoms with van der Waals surface area (Å²) in [4.78, 5) is 57.2. The number of fused-ring (bicyclic) bond motifs is 1. The molecule has 0 aromatic heterocycles. The number of amidine groups is 1. The number of carbonyl (C=O) groups is 1. The Hall–Kier alpha value is -0.620. The number of carbonyl (C=O) groups excluding carboxylic acids is 1. The van der Waals surface area contributed by atoms with Gasteiger partial charge in [-0.1, -0.05) is 0 Å². The lowest BCUT2D eigenvalue weighted by Gasteiger charge is -2.31. The van der Waals surface area contributed by atoms with Crippen LogP contribution < -0.4 is 11.1 Å². The van der Waals surface area contributed by atoms with Gasteiger partial charge in [-0.15, -0.1) is 0 Å². The molecule has 0 spiro atoms. The Labute approximate surface area is 187 Å². The molecule has 0 aromatic carbocycles. The van der Waals surface area contributed by atoms with E-state index >= 15 is 0 Å². The minimum absolute atomic E-state index is 0.0136. The number of halogens is 1. The van der Waals surface area contributed by atoms with Crippen LogP contribution in [0.1, 0.15) is 6.42 Å². The average Bonchev–Trinajstić information content (AvgIpc) is 3.11. The first-order chi connectivity index (χ1) is 14.5. The molecule has 0 radical (unpaired) electrons. The SMILES string of the molecule is NC1(Br)N=C2C(=NCN2[C@H]2C[C@H](O)[C@@H](COP(=O)(O)OP(=O)(O)OP(=O)(O)O)O2)C(=O)N1. The average molecular weight is 588 g/mol. The number of rotatable bonds is 8. The van der Waals surface area contributed by atoms with Crippen molar-refractivity contribution in [3.8, 4) is 0 Å². The number of alkyl halides is 1. The van der Waals surface area contributed by atoms with Gasteiger partial charge < -0.3 is 39.6 Å². The molecule has 6 atom stereocenters. The monoisotopic (exact) mass is 587 g/mol. The van der Waals surface area contributed by atoms with Gasteiger partial charge in [-0.2, -0.15) is 8.62 Å². The van der Waals surface area contributed by atoms with Crippen molar-refractivity contribution in [3.05, 3.63) is 0 Å². The van der Waals surface area contributed by atoms with E-state index in [1.807, 2.05) is 0 Å². The number of phosphoric acid groups is 3. The van der Waals surface area contributed by atoms with E-state index in [-0.39, 0.29) is 24.6 Å². The first-order valence-electron chi connectivity index (χ1n) is 8.30. The highest BCUT2D eigenvalue weighted by atomic mass is 79.9. The molecule has 3 aliphatic rings. The third-order valence-corrected chi connectivity index (χ3v) is 8.19. The summed E-state index contributed by atoms with van der Waals surface area (Å²) in [5, 5.41) is 12.5. The molecule has 1 fully saturated rings. The lowest BCUT2D eigenvalue weighted by Crippen LogP contribution is -2.59. The molecule has 1 amide bonds. The largest absolute Gasteiger partial charge is 0.490 e. The van der Waals surface area contributed by atoms with Gasteiger partial charge in [-0.25, -0.2) is 18.7 Å². The molecule has 182 valence electrons. The van der Waals surface area contributed by atoms with Gasteiger partial charge in [0, 0.05) is 6.42 Å². The van der Waals surface area contributed by atoms with Crippen molar-refractivity contribution < 1.29 is 61.1 Å². The highest BCUT2D eigenvalue weighted by Gasteiger charge is 2.47. The van der Waals surface area contributed by atoms with E-state index in [2.05, 4.69) is 44.4 Å². The number of aliphatic hydroxyl groups excluding tert-OH is 1. The maximum absolute atomic E-state index is 12.0. The van der Waals surface area contributed by atoms with Crippen LogP contribution in [-0.2, 0) is 36.4 Å². The molecule has 0 aliphatic carbocycles. The second-order valence-corrected chi connectivity index (χ2v) is 12.1. The fourth-order valence-corrected chi connectivity index (χ4v) is 6.25. The summed E-state index contributed by atoms with van der Waals surface area (Å²) in [5.74, 6) is -0.515. The second-order valence-electron chi connectivity index (χ2n) is 6.50. The molecule has 3 heterocycles. The number of aliphatic hydroxyl groups is 1. The Morgan fingerprint density at radius 3 is 2.53 bits per heavy atom. The van der Waals surface area contributed by atoms with Crippen LogP contribution in [0, 0.1) is 0 Å². The lowest BCUT2D eigenvalue weighted by atomic mass is 10.2. The summed E-state index contributed by atoms with van der Waals surface area (Å²) in [7, 11) is -16.6. The fourth-order valence-electron chi connectivity index (χ4n) is 2.87. The lowest BCUT2D eigenvalue weighted by molar-refractivity contribution is -0.115. The third kappa shape index (κ3) is 6.49. The highest BCUT2D eigenvalue weighted by molar-refractivity contribution is 9.10. The minimum Gasteiger partial charge on any atom is -0.390 e. The van der Waals surface area contributed by atoms with Crippen LogP contribution in [0.15, 0.2) is 9.98 Å². The van der Waals surface area contributed by atoms with Crippen molar-refractivity contribution in [1.29, 1.82) is 0 Å². The number of hydrogen-bond acceptors (Lipinski definition) is 13. The van der Waals surface area contributed by atoms with Crippen LogP contribution in [0.5, 0.6) is 0 Å². The van der Waals surface area contributed by atoms with Crippen molar-refractivity contribution in [2.75, 3.05) is 13.3 Å². The first-order valence-corrected chi connectivity index (χ1v) is 13.6. The summed E-state index contributed by atoms with van der Waals surface area (Å²) < 4.78 is 49.4. The number of nitrogens with zero attached hydrogens (tertiary/aromatic N) is 3. The quantitative estimate of drug-likeness (QED) is 0.0919. The van der Waals surface area contributed by atoms with Gasteiger partial charge >= 0.3 is 23.5 Å². The van der Waals surface area contributed by atoms with E-state index in [9.17, 15) is 28.5 Å². The molecule has 18 nitrogen and oxygen atoms in total. The smallest absolute Gasteiger partial charge is 0.390 e. The summed E-state index contributed by atoms with van der Waals surface area (Å²) in [6.07, 6.45) is -3.50. The van der Waals surface area contributed by atoms with Crippen molar-refractivity contribution in [2.24, 2.45) is 15.7 Å². The molecule has 3 aliphatic heterocycles. The Morgan fingerprint density at radius 2 is 1.91 bits per heavy atom. The zero-order chi connectivity index (χ0) is 24.1. The van der Waals surface area contributed by atoms with E-state index in [0.29, 0.717) is 0 Å². The van der Waals surface area contributed by atoms with E-state index in [4.69, 9.17) is 25.2 Å². The van der Waals surface area contributed by atoms with Crippen molar-refractivity contribution in [2.45, 2.75) is 29.6 Å². The van der Waals surface area contributed by atoms with Crippen LogP contribution in [0.2, 0.25) is 0 Å². The third-order valence-electron chi connectivity index (χ3n) is 4.01. The number of ether oxygens (including phenoxy) is 1. The van der Waals surface area contributed by atoms with Gasteiger partial charge in [-0.05, 0) is 15.9 Å². The molecular weight excluding hydrogens is 571 g/mol. The zero-order valence-corrected chi connectivity index (χ0v) is 19.8. The van der Waals surface area contributed by atoms with E-state index in [0.717, 1.165) is 0 Å². The second kappa shape index (κ2) is 8.87. The molecule has 0 aromatic rings. The molecular formula is C10H17BrN5O13P3. The number of amides is 1. The minimum atomic E-state index is -5.67. The number of nitrogens with one attached hydrogen (secondary N) is 1. The molecule has 0 bridgehead atoms. The predicted molar refractivity (Wildman–Crippen MR) is 105 cm³/mol. The molecule has 1 saturated heterocycles. The van der Waals surface area contributed by atoms with Crippen LogP contribution in [-0.4, -0.2) is 83.4 Å². The zero-order valence-electron chi connectivity index (χ0n) is 15.5. The van der Waals surface area contributed by atoms with Gasteiger partial charge in [0.1, 0.15) is 19.0 Å². The van der Waals surface area contributed by atoms with Crippen molar-refractivity contribution in [1.82, 2.24) is 10.2 Å². The van der Waals surface area contributed by atoms with Crippen molar-refractivity contribution >= 4 is 56.9 Å². The maximum atomic E-state index is 12.0. The maximum Gasteiger partial charge on any atom is 0.490 e. The highest BCUT2D eigenvalue weighted by Crippen LogP contribution is 2.66. The summed E-state index contributed by atoms with van der Waals surface area (Å²) in [6, 6.07) is 0. The van der Waals surface area contributed by atoms with Crippen molar-refractivity contribution in [3.63, 3.8) is 0 Å². The molecule has 0 saturated carbocycles. The Kier molecular flexibility index (Phi) is 7.20. The van der Waals surface area contributed by atoms with Gasteiger partial charge in [0.15, 0.2) is 11.5 Å². The van der Waals surface area contributed by atoms with Gasteiger partial charge in [0.05, 0.1) is 12.7 Å². The van der Waals surface area contributed by atoms with Crippen LogP contribution in [0.3, 0.4) is 0 Å². The number of nitrogens with two attached hydrogens (primary N) is 1. The normalized spacial score (nSPS) is 34.3. The first kappa shape index (κ1) is 26.0. The van der Waals surface area contributed by atoms with Gasteiger partial charge in [0.25, 0.3) is 5.91 Å². The van der Waals surface area contributed by atoms with Gasteiger partial charge in [0.2, 0.25) is 4.70 Å². The molecule has 8 N–H and O–H groups in total. The molecule has 3 rings (SSSR count). The van der Waals surface area contributed by atoms with Crippen LogP contribution in [0.25, 0.3) is 0 Å². The molecule has 32 heavy (non-hydrogen) atoms. The summed E-state index contributed by atoms with van der Waals surface area (Å²) in [6.45, 7) is -0.903. The molecule has 3 unspecified atom stereocenters. The summed E-state index contributed by atoms with van der Waals surface area (Å²) >= 11 is 3.01. The Balaban J connectivity index is 1.61.